The van der Waals surface area contributed by atoms with E-state index in [9.17, 15) is 13.2 Å². The Hall–Kier alpha value is -2.92. The Bertz CT molecular complexity index is 1000. The minimum absolute atomic E-state index is 0.151. The van der Waals surface area contributed by atoms with Gasteiger partial charge in [0, 0.05) is 24.9 Å². The minimum Gasteiger partial charge on any atom is -0.338 e. The molecular formula is C24H25NO3S. The predicted octanol–water partition coefficient (Wildman–Crippen LogP) is 4.02. The Morgan fingerprint density at radius 2 is 1.28 bits per heavy atom. The van der Waals surface area contributed by atoms with Crippen LogP contribution in [-0.4, -0.2) is 38.6 Å². The third-order valence-corrected chi connectivity index (χ3v) is 5.93. The molecule has 0 atom stereocenters. The van der Waals surface area contributed by atoms with E-state index < -0.39 is 9.84 Å². The van der Waals surface area contributed by atoms with Crippen LogP contribution < -0.4 is 0 Å². The molecule has 3 aromatic rings. The molecule has 3 rings (SSSR count). The monoisotopic (exact) mass is 407 g/mol. The molecule has 0 aliphatic heterocycles. The summed E-state index contributed by atoms with van der Waals surface area (Å²) in [6.07, 6.45) is 2.64. The van der Waals surface area contributed by atoms with Crippen LogP contribution in [0.2, 0.25) is 0 Å². The van der Waals surface area contributed by atoms with Crippen molar-refractivity contribution in [2.24, 2.45) is 0 Å². The third-order valence-electron chi connectivity index (χ3n) is 4.82. The van der Waals surface area contributed by atoms with Gasteiger partial charge in [-0.3, -0.25) is 4.79 Å². The van der Waals surface area contributed by atoms with Crippen LogP contribution in [0, 0.1) is 0 Å². The SMILES string of the molecule is CS(=O)(=O)c1cccc(C(=O)N(CCc2ccccc2)CCc2ccccc2)c1. The average molecular weight is 408 g/mol. The third kappa shape index (κ3) is 6.03. The van der Waals surface area contributed by atoms with Crippen LogP contribution in [0.5, 0.6) is 0 Å². The van der Waals surface area contributed by atoms with Gasteiger partial charge in [0.1, 0.15) is 0 Å². The van der Waals surface area contributed by atoms with E-state index in [1.165, 1.54) is 12.1 Å². The highest BCUT2D eigenvalue weighted by Crippen LogP contribution is 2.15. The molecule has 150 valence electrons. The van der Waals surface area contributed by atoms with E-state index in [1.807, 2.05) is 60.7 Å². The first-order valence-electron chi connectivity index (χ1n) is 9.61. The lowest BCUT2D eigenvalue weighted by molar-refractivity contribution is 0.0759. The molecule has 0 fully saturated rings. The van der Waals surface area contributed by atoms with Crippen molar-refractivity contribution in [3.05, 3.63) is 102 Å². The van der Waals surface area contributed by atoms with Gasteiger partial charge in [-0.25, -0.2) is 8.42 Å². The molecule has 0 aliphatic rings. The Balaban J connectivity index is 1.79. The fourth-order valence-electron chi connectivity index (χ4n) is 3.17. The van der Waals surface area contributed by atoms with Gasteiger partial charge in [0.05, 0.1) is 4.90 Å². The molecule has 3 aromatic carbocycles. The largest absolute Gasteiger partial charge is 0.338 e. The summed E-state index contributed by atoms with van der Waals surface area (Å²) in [5.74, 6) is -0.151. The quantitative estimate of drug-likeness (QED) is 0.567. The van der Waals surface area contributed by atoms with E-state index in [0.717, 1.165) is 30.2 Å². The molecule has 1 amide bonds. The molecule has 0 aromatic heterocycles. The molecule has 29 heavy (non-hydrogen) atoms. The normalized spacial score (nSPS) is 11.2. The standard InChI is InChI=1S/C24H25NO3S/c1-29(27,28)23-14-8-13-22(19-23)24(26)25(17-15-20-9-4-2-5-10-20)18-16-21-11-6-3-7-12-21/h2-14,19H,15-18H2,1H3. The van der Waals surface area contributed by atoms with Crippen LogP contribution >= 0.6 is 0 Å². The fraction of sp³-hybridized carbons (Fsp3) is 0.208. The first-order chi connectivity index (χ1) is 13.9. The first-order valence-corrected chi connectivity index (χ1v) is 11.5. The van der Waals surface area contributed by atoms with Gasteiger partial charge in [0.25, 0.3) is 5.91 Å². The van der Waals surface area contributed by atoms with Crippen LogP contribution in [0.25, 0.3) is 0 Å². The summed E-state index contributed by atoms with van der Waals surface area (Å²) in [6, 6.07) is 26.4. The molecule has 0 saturated heterocycles. The second-order valence-electron chi connectivity index (χ2n) is 7.06. The van der Waals surface area contributed by atoms with Gasteiger partial charge in [-0.1, -0.05) is 66.7 Å². The number of sulfone groups is 1. The molecule has 0 bridgehead atoms. The summed E-state index contributed by atoms with van der Waals surface area (Å²) in [4.78, 5) is 15.2. The molecule has 0 N–H and O–H groups in total. The van der Waals surface area contributed by atoms with E-state index >= 15 is 0 Å². The summed E-state index contributed by atoms with van der Waals surface area (Å²) >= 11 is 0. The van der Waals surface area contributed by atoms with Crippen molar-refractivity contribution in [1.82, 2.24) is 4.90 Å². The van der Waals surface area contributed by atoms with Crippen molar-refractivity contribution in [1.29, 1.82) is 0 Å². The summed E-state index contributed by atoms with van der Waals surface area (Å²) < 4.78 is 23.7. The smallest absolute Gasteiger partial charge is 0.253 e. The van der Waals surface area contributed by atoms with Gasteiger partial charge in [0.2, 0.25) is 0 Å². The molecule has 4 nitrogen and oxygen atoms in total. The van der Waals surface area contributed by atoms with E-state index in [2.05, 4.69) is 0 Å². The fourth-order valence-corrected chi connectivity index (χ4v) is 3.84. The number of rotatable bonds is 8. The Morgan fingerprint density at radius 3 is 1.76 bits per heavy atom. The van der Waals surface area contributed by atoms with Gasteiger partial charge in [-0.05, 0) is 42.2 Å². The van der Waals surface area contributed by atoms with Gasteiger partial charge < -0.3 is 4.90 Å². The molecule has 0 radical (unpaired) electrons. The first kappa shape index (κ1) is 20.8. The van der Waals surface area contributed by atoms with E-state index in [0.29, 0.717) is 18.7 Å². The van der Waals surface area contributed by atoms with Gasteiger partial charge in [-0.15, -0.1) is 0 Å². The number of nitrogens with zero attached hydrogens (tertiary/aromatic N) is 1. The summed E-state index contributed by atoms with van der Waals surface area (Å²) in [7, 11) is -3.37. The van der Waals surface area contributed by atoms with Gasteiger partial charge in [-0.2, -0.15) is 0 Å². The van der Waals surface area contributed by atoms with Crippen molar-refractivity contribution in [2.45, 2.75) is 17.7 Å². The lowest BCUT2D eigenvalue weighted by Crippen LogP contribution is -2.34. The highest BCUT2D eigenvalue weighted by Gasteiger charge is 2.18. The number of amides is 1. The van der Waals surface area contributed by atoms with Crippen molar-refractivity contribution < 1.29 is 13.2 Å². The Morgan fingerprint density at radius 1 is 0.759 bits per heavy atom. The number of hydrogen-bond acceptors (Lipinski definition) is 3. The van der Waals surface area contributed by atoms with Crippen molar-refractivity contribution in [3.63, 3.8) is 0 Å². The lowest BCUT2D eigenvalue weighted by atomic mass is 10.1. The van der Waals surface area contributed by atoms with Crippen LogP contribution in [0.4, 0.5) is 0 Å². The van der Waals surface area contributed by atoms with E-state index in [4.69, 9.17) is 0 Å². The molecule has 5 heteroatoms. The summed E-state index contributed by atoms with van der Waals surface area (Å²) in [6.45, 7) is 1.14. The zero-order chi connectivity index (χ0) is 20.7. The summed E-state index contributed by atoms with van der Waals surface area (Å²) in [5.41, 5.74) is 2.72. The second kappa shape index (κ2) is 9.52. The van der Waals surface area contributed by atoms with Crippen LogP contribution in [-0.2, 0) is 22.7 Å². The molecule has 0 unspecified atom stereocenters. The zero-order valence-corrected chi connectivity index (χ0v) is 17.3. The number of carbonyl (C=O) groups is 1. The molecule has 0 saturated carbocycles. The average Bonchev–Trinajstić information content (AvgIpc) is 2.74. The van der Waals surface area contributed by atoms with E-state index in [-0.39, 0.29) is 10.8 Å². The number of carbonyl (C=O) groups excluding carboxylic acids is 1. The summed E-state index contributed by atoms with van der Waals surface area (Å²) in [5, 5.41) is 0. The number of hydrogen-bond donors (Lipinski definition) is 0. The maximum atomic E-state index is 13.2. The molecular weight excluding hydrogens is 382 g/mol. The number of benzene rings is 3. The second-order valence-corrected chi connectivity index (χ2v) is 9.08. The van der Waals surface area contributed by atoms with Crippen LogP contribution in [0.1, 0.15) is 21.5 Å². The predicted molar refractivity (Wildman–Crippen MR) is 116 cm³/mol. The Kier molecular flexibility index (Phi) is 6.83. The lowest BCUT2D eigenvalue weighted by Gasteiger charge is -2.23. The molecule has 0 aliphatic carbocycles. The molecule has 0 spiro atoms. The zero-order valence-electron chi connectivity index (χ0n) is 16.5. The highest BCUT2D eigenvalue weighted by molar-refractivity contribution is 7.90. The van der Waals surface area contributed by atoms with E-state index in [1.54, 1.807) is 17.0 Å². The maximum Gasteiger partial charge on any atom is 0.253 e. The van der Waals surface area contributed by atoms with Crippen molar-refractivity contribution >= 4 is 15.7 Å². The van der Waals surface area contributed by atoms with Crippen molar-refractivity contribution in [3.8, 4) is 0 Å². The van der Waals surface area contributed by atoms with Gasteiger partial charge >= 0.3 is 0 Å². The maximum absolute atomic E-state index is 13.2. The molecule has 0 heterocycles. The highest BCUT2D eigenvalue weighted by atomic mass is 32.2. The Labute approximate surface area is 172 Å². The van der Waals surface area contributed by atoms with Gasteiger partial charge in [0.15, 0.2) is 9.84 Å². The minimum atomic E-state index is -3.37. The van der Waals surface area contributed by atoms with Crippen LogP contribution in [0.3, 0.4) is 0 Å². The topological polar surface area (TPSA) is 54.5 Å². The van der Waals surface area contributed by atoms with Crippen molar-refractivity contribution in [2.75, 3.05) is 19.3 Å². The van der Waals surface area contributed by atoms with Crippen LogP contribution in [0.15, 0.2) is 89.8 Å².